The average molecular weight is 338 g/mol. The molecule has 3 nitrogen and oxygen atoms in total. The van der Waals surface area contributed by atoms with E-state index in [1.54, 1.807) is 6.07 Å². The summed E-state index contributed by atoms with van der Waals surface area (Å²) in [5.74, 6) is 0.983. The van der Waals surface area contributed by atoms with Crippen molar-refractivity contribution in [2.45, 2.75) is 13.0 Å². The molecule has 0 spiro atoms. The summed E-state index contributed by atoms with van der Waals surface area (Å²) in [6.45, 7) is 1.35. The molecule has 4 heteroatoms. The maximum absolute atomic E-state index is 12.7. The summed E-state index contributed by atoms with van der Waals surface area (Å²) in [5.41, 5.74) is 3.44. The number of furan rings is 1. The third-order valence-electron chi connectivity index (χ3n) is 4.36. The van der Waals surface area contributed by atoms with Crippen LogP contribution >= 0.6 is 11.6 Å². The van der Waals surface area contributed by atoms with Gasteiger partial charge in [0, 0.05) is 23.7 Å². The van der Waals surface area contributed by atoms with Crippen molar-refractivity contribution < 1.29 is 9.21 Å². The predicted molar refractivity (Wildman–Crippen MR) is 94.0 cm³/mol. The minimum absolute atomic E-state index is 0.0651. The Morgan fingerprint density at radius 2 is 1.71 bits per heavy atom. The van der Waals surface area contributed by atoms with Gasteiger partial charge in [0.25, 0.3) is 5.91 Å². The van der Waals surface area contributed by atoms with E-state index in [-0.39, 0.29) is 5.91 Å². The second kappa shape index (κ2) is 6.17. The van der Waals surface area contributed by atoms with Gasteiger partial charge in [0.15, 0.2) is 5.76 Å². The second-order valence-corrected chi connectivity index (χ2v) is 6.35. The highest BCUT2D eigenvalue weighted by atomic mass is 35.5. The molecule has 2 aromatic carbocycles. The molecule has 0 saturated heterocycles. The molecule has 0 aliphatic carbocycles. The van der Waals surface area contributed by atoms with E-state index in [0.29, 0.717) is 29.6 Å². The van der Waals surface area contributed by atoms with Crippen LogP contribution in [0.3, 0.4) is 0 Å². The lowest BCUT2D eigenvalue weighted by atomic mass is 10.00. The van der Waals surface area contributed by atoms with Crippen molar-refractivity contribution in [2.75, 3.05) is 6.54 Å². The Morgan fingerprint density at radius 3 is 2.50 bits per heavy atom. The molecule has 0 saturated carbocycles. The van der Waals surface area contributed by atoms with Gasteiger partial charge in [-0.05, 0) is 53.9 Å². The monoisotopic (exact) mass is 337 g/mol. The van der Waals surface area contributed by atoms with Gasteiger partial charge in [-0.15, -0.1) is 0 Å². The molecule has 1 amide bonds. The van der Waals surface area contributed by atoms with Gasteiger partial charge in [0.05, 0.1) is 0 Å². The minimum atomic E-state index is -0.0651. The SMILES string of the molecule is O=C(c1ccc(-c2ccc(Cl)cc2)o1)N1CCc2ccccc2C1. The first-order chi connectivity index (χ1) is 11.7. The van der Waals surface area contributed by atoms with E-state index in [1.165, 1.54) is 11.1 Å². The first-order valence-corrected chi connectivity index (χ1v) is 8.30. The standard InChI is InChI=1S/C20H16ClNO2/c21-17-7-5-15(6-8-17)18-9-10-19(24-18)20(23)22-12-11-14-3-1-2-4-16(14)13-22/h1-10H,11-13H2. The lowest BCUT2D eigenvalue weighted by Crippen LogP contribution is -2.35. The maximum Gasteiger partial charge on any atom is 0.289 e. The molecule has 1 aliphatic heterocycles. The zero-order valence-electron chi connectivity index (χ0n) is 13.0. The van der Waals surface area contributed by atoms with Crippen LogP contribution in [0.25, 0.3) is 11.3 Å². The van der Waals surface area contributed by atoms with Gasteiger partial charge in [-0.25, -0.2) is 0 Å². The van der Waals surface area contributed by atoms with E-state index in [1.807, 2.05) is 47.4 Å². The Kier molecular flexibility index (Phi) is 3.87. The van der Waals surface area contributed by atoms with Gasteiger partial charge >= 0.3 is 0 Å². The molecular formula is C20H16ClNO2. The molecule has 0 radical (unpaired) electrons. The molecule has 1 aliphatic rings. The van der Waals surface area contributed by atoms with Gasteiger partial charge in [-0.3, -0.25) is 4.79 Å². The summed E-state index contributed by atoms with van der Waals surface area (Å²) >= 11 is 5.91. The summed E-state index contributed by atoms with van der Waals surface area (Å²) in [4.78, 5) is 14.6. The third kappa shape index (κ3) is 2.83. The smallest absolute Gasteiger partial charge is 0.289 e. The number of carbonyl (C=O) groups is 1. The quantitative estimate of drug-likeness (QED) is 0.673. The molecule has 24 heavy (non-hydrogen) atoms. The Hall–Kier alpha value is -2.52. The lowest BCUT2D eigenvalue weighted by molar-refractivity contribution is 0.0703. The zero-order chi connectivity index (χ0) is 16.5. The van der Waals surface area contributed by atoms with Crippen molar-refractivity contribution in [3.8, 4) is 11.3 Å². The topological polar surface area (TPSA) is 33.5 Å². The van der Waals surface area contributed by atoms with Gasteiger partial charge < -0.3 is 9.32 Å². The van der Waals surface area contributed by atoms with Gasteiger partial charge in [0.1, 0.15) is 5.76 Å². The molecule has 2 heterocycles. The fourth-order valence-electron chi connectivity index (χ4n) is 3.05. The van der Waals surface area contributed by atoms with Crippen molar-refractivity contribution in [1.82, 2.24) is 4.90 Å². The number of hydrogen-bond donors (Lipinski definition) is 0. The molecular weight excluding hydrogens is 322 g/mol. The molecule has 0 N–H and O–H groups in total. The predicted octanol–water partition coefficient (Wildman–Crippen LogP) is 4.80. The van der Waals surface area contributed by atoms with Crippen molar-refractivity contribution in [3.05, 3.63) is 82.6 Å². The molecule has 3 aromatic rings. The third-order valence-corrected chi connectivity index (χ3v) is 4.62. The number of carbonyl (C=O) groups excluding carboxylic acids is 1. The highest BCUT2D eigenvalue weighted by molar-refractivity contribution is 6.30. The van der Waals surface area contributed by atoms with E-state index in [0.717, 1.165) is 12.0 Å². The van der Waals surface area contributed by atoms with Crippen LogP contribution in [0.2, 0.25) is 5.02 Å². The number of benzene rings is 2. The van der Waals surface area contributed by atoms with Crippen molar-refractivity contribution >= 4 is 17.5 Å². The van der Waals surface area contributed by atoms with Crippen molar-refractivity contribution in [3.63, 3.8) is 0 Å². The second-order valence-electron chi connectivity index (χ2n) is 5.92. The van der Waals surface area contributed by atoms with E-state index < -0.39 is 0 Å². The average Bonchev–Trinajstić information content (AvgIpc) is 3.11. The fourth-order valence-corrected chi connectivity index (χ4v) is 3.17. The van der Waals surface area contributed by atoms with Crippen LogP contribution in [-0.2, 0) is 13.0 Å². The fraction of sp³-hybridized carbons (Fsp3) is 0.150. The molecule has 4 rings (SSSR count). The van der Waals surface area contributed by atoms with Crippen LogP contribution < -0.4 is 0 Å². The van der Waals surface area contributed by atoms with Crippen molar-refractivity contribution in [2.24, 2.45) is 0 Å². The number of rotatable bonds is 2. The van der Waals surface area contributed by atoms with Crippen LogP contribution in [0, 0.1) is 0 Å². The Labute approximate surface area is 145 Å². The van der Waals surface area contributed by atoms with E-state index in [9.17, 15) is 4.79 Å². The molecule has 1 aromatic heterocycles. The van der Waals surface area contributed by atoms with E-state index in [4.69, 9.17) is 16.0 Å². The minimum Gasteiger partial charge on any atom is -0.451 e. The van der Waals surface area contributed by atoms with Crippen LogP contribution in [0.1, 0.15) is 21.7 Å². The molecule has 0 fully saturated rings. The number of nitrogens with zero attached hydrogens (tertiary/aromatic N) is 1. The summed E-state index contributed by atoms with van der Waals surface area (Å²) in [6, 6.07) is 19.2. The number of fused-ring (bicyclic) bond motifs is 1. The van der Waals surface area contributed by atoms with Gasteiger partial charge in [-0.2, -0.15) is 0 Å². The van der Waals surface area contributed by atoms with E-state index >= 15 is 0 Å². The van der Waals surface area contributed by atoms with Gasteiger partial charge in [-0.1, -0.05) is 35.9 Å². The maximum atomic E-state index is 12.7. The number of hydrogen-bond acceptors (Lipinski definition) is 2. The largest absolute Gasteiger partial charge is 0.451 e. The Balaban J connectivity index is 1.55. The summed E-state index contributed by atoms with van der Waals surface area (Å²) in [7, 11) is 0. The van der Waals surface area contributed by atoms with Gasteiger partial charge in [0.2, 0.25) is 0 Å². The first-order valence-electron chi connectivity index (χ1n) is 7.92. The van der Waals surface area contributed by atoms with Crippen molar-refractivity contribution in [1.29, 1.82) is 0 Å². The van der Waals surface area contributed by atoms with Crippen LogP contribution in [0.4, 0.5) is 0 Å². The molecule has 0 atom stereocenters. The summed E-state index contributed by atoms with van der Waals surface area (Å²) < 4.78 is 5.78. The molecule has 120 valence electrons. The Morgan fingerprint density at radius 1 is 0.958 bits per heavy atom. The first kappa shape index (κ1) is 15.0. The summed E-state index contributed by atoms with van der Waals surface area (Å²) in [5, 5.41) is 0.675. The van der Waals surface area contributed by atoms with Crippen LogP contribution in [0.15, 0.2) is 65.1 Å². The Bertz CT molecular complexity index is 883. The normalized spacial score (nSPS) is 13.6. The zero-order valence-corrected chi connectivity index (χ0v) is 13.8. The molecule has 0 unspecified atom stereocenters. The molecule has 0 bridgehead atoms. The summed E-state index contributed by atoms with van der Waals surface area (Å²) in [6.07, 6.45) is 0.882. The number of amides is 1. The number of halogens is 1. The van der Waals surface area contributed by atoms with Crippen LogP contribution in [-0.4, -0.2) is 17.4 Å². The lowest BCUT2D eigenvalue weighted by Gasteiger charge is -2.28. The highest BCUT2D eigenvalue weighted by Crippen LogP contribution is 2.26. The highest BCUT2D eigenvalue weighted by Gasteiger charge is 2.23. The van der Waals surface area contributed by atoms with Crippen LogP contribution in [0.5, 0.6) is 0 Å². The van der Waals surface area contributed by atoms with E-state index in [2.05, 4.69) is 12.1 Å².